The molecule has 0 aliphatic rings. The van der Waals surface area contributed by atoms with Gasteiger partial charge >= 0.3 is 0 Å². The standard InChI is InChI=1S/C18H19Cl3N2O2/c1-11(2)10-25-17-6-4-3-5-15(17)23-18(24)9-22-16-8-13(20)12(19)7-14(16)21/h3-8,11,22H,9-10H2,1-2H3,(H,23,24). The molecule has 1 amide bonds. The number of ether oxygens (including phenoxy) is 1. The van der Waals surface area contributed by atoms with Gasteiger partial charge < -0.3 is 15.4 Å². The Bertz CT molecular complexity index is 751. The zero-order valence-electron chi connectivity index (χ0n) is 13.9. The fourth-order valence-electron chi connectivity index (χ4n) is 1.98. The maximum Gasteiger partial charge on any atom is 0.243 e. The smallest absolute Gasteiger partial charge is 0.243 e. The van der Waals surface area contributed by atoms with E-state index in [0.29, 0.717) is 44.7 Å². The number of rotatable bonds is 7. The van der Waals surface area contributed by atoms with Crippen LogP contribution in [0, 0.1) is 5.92 Å². The molecule has 0 aromatic heterocycles. The Morgan fingerprint density at radius 2 is 1.72 bits per heavy atom. The number of nitrogens with one attached hydrogen (secondary N) is 2. The third-order valence-corrected chi connectivity index (χ3v) is 4.22. The van der Waals surface area contributed by atoms with Crippen LogP contribution in [0.2, 0.25) is 15.1 Å². The van der Waals surface area contributed by atoms with Crippen molar-refractivity contribution in [2.75, 3.05) is 23.8 Å². The number of carbonyl (C=O) groups excluding carboxylic acids is 1. The Balaban J connectivity index is 1.98. The Hall–Kier alpha value is -1.62. The van der Waals surface area contributed by atoms with Crippen LogP contribution in [0.15, 0.2) is 36.4 Å². The second-order valence-corrected chi connectivity index (χ2v) is 7.07. The van der Waals surface area contributed by atoms with E-state index in [2.05, 4.69) is 24.5 Å². The summed E-state index contributed by atoms with van der Waals surface area (Å²) < 4.78 is 5.72. The first kappa shape index (κ1) is 19.7. The van der Waals surface area contributed by atoms with Gasteiger partial charge in [-0.25, -0.2) is 0 Å². The maximum atomic E-state index is 12.2. The molecule has 0 saturated carbocycles. The van der Waals surface area contributed by atoms with Gasteiger partial charge in [-0.2, -0.15) is 0 Å². The quantitative estimate of drug-likeness (QED) is 0.582. The Labute approximate surface area is 162 Å². The van der Waals surface area contributed by atoms with Gasteiger partial charge in [0.25, 0.3) is 0 Å². The van der Waals surface area contributed by atoms with E-state index in [1.807, 2.05) is 18.2 Å². The highest BCUT2D eigenvalue weighted by Gasteiger charge is 2.10. The first-order valence-corrected chi connectivity index (χ1v) is 8.90. The lowest BCUT2D eigenvalue weighted by Crippen LogP contribution is -2.22. The Kier molecular flexibility index (Phi) is 7.24. The van der Waals surface area contributed by atoms with E-state index in [-0.39, 0.29) is 12.5 Å². The van der Waals surface area contributed by atoms with Crippen LogP contribution in [-0.2, 0) is 4.79 Å². The normalized spacial score (nSPS) is 10.6. The molecule has 2 aromatic rings. The first-order valence-electron chi connectivity index (χ1n) is 7.77. The molecule has 0 atom stereocenters. The topological polar surface area (TPSA) is 50.4 Å². The van der Waals surface area contributed by atoms with Crippen molar-refractivity contribution in [2.45, 2.75) is 13.8 Å². The van der Waals surface area contributed by atoms with Crippen molar-refractivity contribution < 1.29 is 9.53 Å². The van der Waals surface area contributed by atoms with Crippen LogP contribution in [0.1, 0.15) is 13.8 Å². The van der Waals surface area contributed by atoms with Crippen molar-refractivity contribution in [1.82, 2.24) is 0 Å². The number of hydrogen-bond donors (Lipinski definition) is 2. The molecule has 0 saturated heterocycles. The van der Waals surface area contributed by atoms with Gasteiger partial charge in [0.15, 0.2) is 0 Å². The van der Waals surface area contributed by atoms with Crippen LogP contribution < -0.4 is 15.4 Å². The molecule has 0 spiro atoms. The molecule has 2 N–H and O–H groups in total. The van der Waals surface area contributed by atoms with Crippen molar-refractivity contribution >= 4 is 52.1 Å². The van der Waals surface area contributed by atoms with Crippen LogP contribution in [0.5, 0.6) is 5.75 Å². The summed E-state index contributed by atoms with van der Waals surface area (Å²) in [6.45, 7) is 4.72. The molecular formula is C18H19Cl3N2O2. The number of hydrogen-bond acceptors (Lipinski definition) is 3. The van der Waals surface area contributed by atoms with E-state index in [4.69, 9.17) is 39.5 Å². The van der Waals surface area contributed by atoms with Gasteiger partial charge in [-0.15, -0.1) is 0 Å². The largest absolute Gasteiger partial charge is 0.491 e. The van der Waals surface area contributed by atoms with Crippen LogP contribution in [0.3, 0.4) is 0 Å². The SMILES string of the molecule is CC(C)COc1ccccc1NC(=O)CNc1cc(Cl)c(Cl)cc1Cl. The van der Waals surface area contributed by atoms with Gasteiger partial charge in [-0.05, 0) is 30.2 Å². The molecule has 0 radical (unpaired) electrons. The van der Waals surface area contributed by atoms with E-state index in [9.17, 15) is 4.79 Å². The molecule has 134 valence electrons. The highest BCUT2D eigenvalue weighted by Crippen LogP contribution is 2.32. The Morgan fingerprint density at radius 3 is 2.44 bits per heavy atom. The number of para-hydroxylation sites is 2. The number of amides is 1. The lowest BCUT2D eigenvalue weighted by Gasteiger charge is -2.14. The minimum absolute atomic E-state index is 0.0240. The van der Waals surface area contributed by atoms with Crippen molar-refractivity contribution in [1.29, 1.82) is 0 Å². The van der Waals surface area contributed by atoms with E-state index < -0.39 is 0 Å². The fourth-order valence-corrected chi connectivity index (χ4v) is 2.59. The second kappa shape index (κ2) is 9.18. The molecule has 25 heavy (non-hydrogen) atoms. The Morgan fingerprint density at radius 1 is 1.04 bits per heavy atom. The maximum absolute atomic E-state index is 12.2. The number of halogens is 3. The minimum Gasteiger partial charge on any atom is -0.491 e. The molecule has 0 heterocycles. The summed E-state index contributed by atoms with van der Waals surface area (Å²) >= 11 is 17.9. The lowest BCUT2D eigenvalue weighted by atomic mass is 10.2. The van der Waals surface area contributed by atoms with Gasteiger partial charge in [0, 0.05) is 0 Å². The van der Waals surface area contributed by atoms with Crippen LogP contribution in [0.25, 0.3) is 0 Å². The van der Waals surface area contributed by atoms with Crippen molar-refractivity contribution in [3.05, 3.63) is 51.5 Å². The van der Waals surface area contributed by atoms with Crippen molar-refractivity contribution in [3.63, 3.8) is 0 Å². The van der Waals surface area contributed by atoms with Crippen LogP contribution >= 0.6 is 34.8 Å². The monoisotopic (exact) mass is 400 g/mol. The number of benzene rings is 2. The zero-order chi connectivity index (χ0) is 18.4. The molecule has 0 bridgehead atoms. The highest BCUT2D eigenvalue weighted by molar-refractivity contribution is 6.44. The summed E-state index contributed by atoms with van der Waals surface area (Å²) in [7, 11) is 0. The molecule has 4 nitrogen and oxygen atoms in total. The predicted molar refractivity (Wildman–Crippen MR) is 105 cm³/mol. The predicted octanol–water partition coefficient (Wildman–Crippen LogP) is 5.73. The lowest BCUT2D eigenvalue weighted by molar-refractivity contribution is -0.114. The van der Waals surface area contributed by atoms with E-state index in [1.165, 1.54) is 6.07 Å². The molecule has 7 heteroatoms. The van der Waals surface area contributed by atoms with Crippen LogP contribution in [0.4, 0.5) is 11.4 Å². The average Bonchev–Trinajstić information content (AvgIpc) is 2.56. The fraction of sp³-hybridized carbons (Fsp3) is 0.278. The van der Waals surface area contributed by atoms with E-state index in [1.54, 1.807) is 12.1 Å². The molecule has 2 aromatic carbocycles. The average molecular weight is 402 g/mol. The summed E-state index contributed by atoms with van der Waals surface area (Å²) in [5.74, 6) is 0.794. The minimum atomic E-state index is -0.234. The molecule has 2 rings (SSSR count). The van der Waals surface area contributed by atoms with Gasteiger partial charge in [0.2, 0.25) is 5.91 Å². The number of carbonyl (C=O) groups is 1. The third-order valence-electron chi connectivity index (χ3n) is 3.18. The summed E-state index contributed by atoms with van der Waals surface area (Å²) in [4.78, 5) is 12.2. The van der Waals surface area contributed by atoms with Gasteiger partial charge in [0.05, 0.1) is 39.6 Å². The summed E-state index contributed by atoms with van der Waals surface area (Å²) in [6.07, 6.45) is 0. The molecular weight excluding hydrogens is 383 g/mol. The summed E-state index contributed by atoms with van der Waals surface area (Å²) in [5, 5.41) is 6.88. The highest BCUT2D eigenvalue weighted by atomic mass is 35.5. The zero-order valence-corrected chi connectivity index (χ0v) is 16.2. The molecule has 0 unspecified atom stereocenters. The van der Waals surface area contributed by atoms with Gasteiger partial charge in [-0.1, -0.05) is 60.8 Å². The van der Waals surface area contributed by atoms with Crippen LogP contribution in [-0.4, -0.2) is 19.1 Å². The first-order chi connectivity index (χ1) is 11.9. The molecule has 0 fully saturated rings. The number of anilines is 2. The molecule has 0 aliphatic heterocycles. The third kappa shape index (κ3) is 5.99. The van der Waals surface area contributed by atoms with Gasteiger partial charge in [0.1, 0.15) is 5.75 Å². The molecule has 0 aliphatic carbocycles. The van der Waals surface area contributed by atoms with Gasteiger partial charge in [-0.3, -0.25) is 4.79 Å². The van der Waals surface area contributed by atoms with Crippen molar-refractivity contribution in [3.8, 4) is 5.75 Å². The second-order valence-electron chi connectivity index (χ2n) is 5.85. The van der Waals surface area contributed by atoms with E-state index >= 15 is 0 Å². The summed E-state index contributed by atoms with van der Waals surface area (Å²) in [6, 6.07) is 10.4. The summed E-state index contributed by atoms with van der Waals surface area (Å²) in [5.41, 5.74) is 1.16. The van der Waals surface area contributed by atoms with E-state index in [0.717, 1.165) is 0 Å². The van der Waals surface area contributed by atoms with Crippen molar-refractivity contribution in [2.24, 2.45) is 5.92 Å².